The van der Waals surface area contributed by atoms with Crippen LogP contribution in [0, 0.1) is 12.8 Å². The minimum absolute atomic E-state index is 0.335. The second-order valence-corrected chi connectivity index (χ2v) is 7.46. The number of nitrogens with zero attached hydrogens (tertiary/aromatic N) is 3. The molecule has 0 radical (unpaired) electrons. The number of carbonyl (C=O) groups excluding carboxylic acids is 1. The number of rotatable bonds is 5. The van der Waals surface area contributed by atoms with E-state index in [0.717, 1.165) is 43.9 Å². The van der Waals surface area contributed by atoms with E-state index in [1.165, 1.54) is 32.1 Å². The Kier molecular flexibility index (Phi) is 5.93. The minimum Gasteiger partial charge on any atom is -0.377 e. The molecule has 2 heterocycles. The molecule has 2 aliphatic rings. The molecular weight excluding hydrogens is 302 g/mol. The third kappa shape index (κ3) is 4.00. The van der Waals surface area contributed by atoms with Crippen molar-refractivity contribution in [3.8, 4) is 0 Å². The van der Waals surface area contributed by atoms with Crippen LogP contribution in [0.3, 0.4) is 0 Å². The zero-order valence-electron chi connectivity index (χ0n) is 15.2. The Balaban J connectivity index is 1.63. The third-order valence-electron chi connectivity index (χ3n) is 5.63. The topological polar surface area (TPSA) is 47.4 Å². The van der Waals surface area contributed by atoms with E-state index in [1.54, 1.807) is 7.11 Å². The van der Waals surface area contributed by atoms with Crippen LogP contribution >= 0.6 is 0 Å². The number of carbonyl (C=O) groups is 1. The molecule has 1 aliphatic carbocycles. The van der Waals surface area contributed by atoms with E-state index in [2.05, 4.69) is 21.4 Å². The lowest BCUT2D eigenvalue weighted by Crippen LogP contribution is -2.42. The summed E-state index contributed by atoms with van der Waals surface area (Å²) in [6.45, 7) is 4.35. The van der Waals surface area contributed by atoms with Crippen LogP contribution in [0.4, 0.5) is 0 Å². The zero-order chi connectivity index (χ0) is 16.9. The van der Waals surface area contributed by atoms with E-state index in [0.29, 0.717) is 24.5 Å². The summed E-state index contributed by atoms with van der Waals surface area (Å²) in [5, 5.41) is 0. The molecule has 0 bridgehead atoms. The van der Waals surface area contributed by atoms with Crippen molar-refractivity contribution in [2.75, 3.05) is 20.2 Å². The van der Waals surface area contributed by atoms with Crippen molar-refractivity contribution in [3.63, 3.8) is 0 Å². The highest BCUT2D eigenvalue weighted by atomic mass is 16.5. The number of imidazole rings is 1. The van der Waals surface area contributed by atoms with E-state index in [9.17, 15) is 4.79 Å². The average Bonchev–Trinajstić information content (AvgIpc) is 2.97. The molecule has 1 saturated heterocycles. The zero-order valence-corrected chi connectivity index (χ0v) is 15.2. The Bertz CT molecular complexity index is 549. The van der Waals surface area contributed by atoms with E-state index in [4.69, 9.17) is 4.74 Å². The SMILES string of the molecule is COCc1ncc(C)n1C1CCCN(C(=O)CC2CCCCC2)C1. The van der Waals surface area contributed by atoms with Gasteiger partial charge in [0.15, 0.2) is 0 Å². The number of hydrogen-bond acceptors (Lipinski definition) is 3. The fraction of sp³-hybridized carbons (Fsp3) is 0.789. The molecule has 5 heteroatoms. The van der Waals surface area contributed by atoms with Gasteiger partial charge in [-0.05, 0) is 38.5 Å². The summed E-state index contributed by atoms with van der Waals surface area (Å²) >= 11 is 0. The Morgan fingerprint density at radius 2 is 2.04 bits per heavy atom. The maximum atomic E-state index is 12.8. The number of aromatic nitrogens is 2. The van der Waals surface area contributed by atoms with E-state index in [1.807, 2.05) is 6.20 Å². The highest BCUT2D eigenvalue weighted by Gasteiger charge is 2.28. The van der Waals surface area contributed by atoms with Crippen molar-refractivity contribution in [1.82, 2.24) is 14.5 Å². The molecule has 5 nitrogen and oxygen atoms in total. The monoisotopic (exact) mass is 333 g/mol. The molecule has 1 unspecified atom stereocenters. The van der Waals surface area contributed by atoms with Gasteiger partial charge in [-0.2, -0.15) is 0 Å². The van der Waals surface area contributed by atoms with Crippen molar-refractivity contribution in [1.29, 1.82) is 0 Å². The summed E-state index contributed by atoms with van der Waals surface area (Å²) < 4.78 is 7.56. The molecule has 1 amide bonds. The molecule has 3 rings (SSSR count). The third-order valence-corrected chi connectivity index (χ3v) is 5.63. The number of piperidine rings is 1. The van der Waals surface area contributed by atoms with E-state index in [-0.39, 0.29) is 0 Å². The molecule has 1 aromatic rings. The number of likely N-dealkylation sites (tertiary alicyclic amines) is 1. The molecule has 134 valence electrons. The van der Waals surface area contributed by atoms with E-state index >= 15 is 0 Å². The number of methoxy groups -OCH3 is 1. The molecule has 1 aromatic heterocycles. The fourth-order valence-electron chi connectivity index (χ4n) is 4.39. The lowest BCUT2D eigenvalue weighted by atomic mass is 9.86. The van der Waals surface area contributed by atoms with Crippen LogP contribution in [0.1, 0.15) is 68.9 Å². The van der Waals surface area contributed by atoms with Crippen molar-refractivity contribution < 1.29 is 9.53 Å². The molecule has 1 atom stereocenters. The Morgan fingerprint density at radius 1 is 1.25 bits per heavy atom. The first-order valence-electron chi connectivity index (χ1n) is 9.48. The highest BCUT2D eigenvalue weighted by molar-refractivity contribution is 5.76. The lowest BCUT2D eigenvalue weighted by Gasteiger charge is -2.35. The average molecular weight is 333 g/mol. The Hall–Kier alpha value is -1.36. The maximum Gasteiger partial charge on any atom is 0.222 e. The van der Waals surface area contributed by atoms with Crippen LogP contribution in [0.2, 0.25) is 0 Å². The summed E-state index contributed by atoms with van der Waals surface area (Å²) in [5.41, 5.74) is 1.16. The molecule has 1 saturated carbocycles. The smallest absolute Gasteiger partial charge is 0.222 e. The van der Waals surface area contributed by atoms with Crippen molar-refractivity contribution in [3.05, 3.63) is 17.7 Å². The Labute approximate surface area is 145 Å². The van der Waals surface area contributed by atoms with Crippen LogP contribution in [-0.2, 0) is 16.1 Å². The van der Waals surface area contributed by atoms with Crippen molar-refractivity contribution >= 4 is 5.91 Å². The molecule has 0 aromatic carbocycles. The predicted molar refractivity (Wildman–Crippen MR) is 93.7 cm³/mol. The summed E-state index contributed by atoms with van der Waals surface area (Å²) in [7, 11) is 1.70. The minimum atomic E-state index is 0.335. The predicted octanol–water partition coefficient (Wildman–Crippen LogP) is 3.47. The highest BCUT2D eigenvalue weighted by Crippen LogP contribution is 2.29. The van der Waals surface area contributed by atoms with E-state index < -0.39 is 0 Å². The lowest BCUT2D eigenvalue weighted by molar-refractivity contribution is -0.134. The van der Waals surface area contributed by atoms with Crippen LogP contribution in [-0.4, -0.2) is 40.6 Å². The van der Waals surface area contributed by atoms with Gasteiger partial charge in [0.1, 0.15) is 12.4 Å². The van der Waals surface area contributed by atoms with Crippen molar-refractivity contribution in [2.24, 2.45) is 5.92 Å². The van der Waals surface area contributed by atoms with Gasteiger partial charge >= 0.3 is 0 Å². The standard InChI is InChI=1S/C19H31N3O2/c1-15-12-20-18(14-24-2)22(15)17-9-6-10-21(13-17)19(23)11-16-7-4-3-5-8-16/h12,16-17H,3-11,13-14H2,1-2H3. The van der Waals surface area contributed by atoms with Gasteiger partial charge in [-0.1, -0.05) is 19.3 Å². The van der Waals surface area contributed by atoms with Gasteiger partial charge in [-0.3, -0.25) is 4.79 Å². The molecule has 1 aliphatic heterocycles. The molecule has 0 N–H and O–H groups in total. The van der Waals surface area contributed by atoms with Gasteiger partial charge in [-0.25, -0.2) is 4.98 Å². The molecular formula is C19H31N3O2. The van der Waals surface area contributed by atoms with Gasteiger partial charge < -0.3 is 14.2 Å². The van der Waals surface area contributed by atoms with Gasteiger partial charge in [0, 0.05) is 38.5 Å². The fourth-order valence-corrected chi connectivity index (χ4v) is 4.39. The summed E-state index contributed by atoms with van der Waals surface area (Å²) in [5.74, 6) is 1.95. The van der Waals surface area contributed by atoms with Crippen molar-refractivity contribution in [2.45, 2.75) is 70.9 Å². The maximum absolute atomic E-state index is 12.8. The second-order valence-electron chi connectivity index (χ2n) is 7.46. The van der Waals surface area contributed by atoms with Gasteiger partial charge in [-0.15, -0.1) is 0 Å². The molecule has 24 heavy (non-hydrogen) atoms. The first kappa shape index (κ1) is 17.5. The molecule has 0 spiro atoms. The van der Waals surface area contributed by atoms with Crippen LogP contribution < -0.4 is 0 Å². The van der Waals surface area contributed by atoms with Crippen LogP contribution in [0.25, 0.3) is 0 Å². The first-order chi connectivity index (χ1) is 11.7. The summed E-state index contributed by atoms with van der Waals surface area (Å²) in [6, 6.07) is 0.335. The Morgan fingerprint density at radius 3 is 2.79 bits per heavy atom. The second kappa shape index (κ2) is 8.15. The number of hydrogen-bond donors (Lipinski definition) is 0. The van der Waals surface area contributed by atoms with Gasteiger partial charge in [0.05, 0.1) is 6.04 Å². The molecule has 2 fully saturated rings. The number of aryl methyl sites for hydroxylation is 1. The first-order valence-corrected chi connectivity index (χ1v) is 9.48. The van der Waals surface area contributed by atoms with Crippen LogP contribution in [0.15, 0.2) is 6.20 Å². The normalized spacial score (nSPS) is 22.8. The number of amides is 1. The summed E-state index contributed by atoms with van der Waals surface area (Å²) in [4.78, 5) is 19.3. The largest absolute Gasteiger partial charge is 0.377 e. The summed E-state index contributed by atoms with van der Waals surface area (Å²) in [6.07, 6.45) is 11.3. The quantitative estimate of drug-likeness (QED) is 0.829. The van der Waals surface area contributed by atoms with Gasteiger partial charge in [0.25, 0.3) is 0 Å². The van der Waals surface area contributed by atoms with Gasteiger partial charge in [0.2, 0.25) is 5.91 Å². The van der Waals surface area contributed by atoms with Crippen LogP contribution in [0.5, 0.6) is 0 Å². The number of ether oxygens (including phenoxy) is 1.